The largest absolute Gasteiger partial charge is 0.469 e. The predicted octanol–water partition coefficient (Wildman–Crippen LogP) is 4.74. The molecule has 0 saturated carbocycles. The lowest BCUT2D eigenvalue weighted by atomic mass is 9.96. The first-order chi connectivity index (χ1) is 11.6. The van der Waals surface area contributed by atoms with Gasteiger partial charge in [0.1, 0.15) is 11.6 Å². The summed E-state index contributed by atoms with van der Waals surface area (Å²) in [7, 11) is 0. The number of nitrogens with zero attached hydrogens (tertiary/aromatic N) is 2. The zero-order chi connectivity index (χ0) is 16.7. The summed E-state index contributed by atoms with van der Waals surface area (Å²) in [6.45, 7) is 4.39. The highest BCUT2D eigenvalue weighted by Gasteiger charge is 2.40. The van der Waals surface area contributed by atoms with Crippen molar-refractivity contribution in [2.75, 3.05) is 0 Å². The maximum atomic E-state index is 13.2. The van der Waals surface area contributed by atoms with Crippen LogP contribution in [0.2, 0.25) is 0 Å². The first-order valence-electron chi connectivity index (χ1n) is 8.49. The number of rotatable bonds is 3. The van der Waals surface area contributed by atoms with E-state index in [-0.39, 0.29) is 18.1 Å². The Morgan fingerprint density at radius 2 is 1.92 bits per heavy atom. The summed E-state index contributed by atoms with van der Waals surface area (Å²) in [5, 5.41) is 6.94. The van der Waals surface area contributed by atoms with Gasteiger partial charge in [0.2, 0.25) is 0 Å². The highest BCUT2D eigenvalue weighted by Crippen LogP contribution is 2.43. The number of benzene rings is 2. The minimum atomic E-state index is -0.221. The molecule has 0 bridgehead atoms. The van der Waals surface area contributed by atoms with Gasteiger partial charge in [-0.2, -0.15) is 5.10 Å². The van der Waals surface area contributed by atoms with Gasteiger partial charge in [-0.15, -0.1) is 0 Å². The SMILES string of the molecule is CC(C)C[C@@H]1Oc2ccccc2[C@@H]2CC(c3ccc(F)cc3)=NN12. The van der Waals surface area contributed by atoms with Crippen LogP contribution in [-0.4, -0.2) is 16.9 Å². The first-order valence-corrected chi connectivity index (χ1v) is 8.49. The topological polar surface area (TPSA) is 24.8 Å². The van der Waals surface area contributed by atoms with E-state index in [1.54, 1.807) is 12.1 Å². The van der Waals surface area contributed by atoms with E-state index in [0.717, 1.165) is 29.9 Å². The van der Waals surface area contributed by atoms with Crippen LogP contribution in [0, 0.1) is 11.7 Å². The molecule has 4 heteroatoms. The van der Waals surface area contributed by atoms with Crippen LogP contribution in [0.25, 0.3) is 0 Å². The highest BCUT2D eigenvalue weighted by atomic mass is 19.1. The Bertz CT molecular complexity index is 769. The van der Waals surface area contributed by atoms with Crippen molar-refractivity contribution in [3.05, 3.63) is 65.5 Å². The summed E-state index contributed by atoms with van der Waals surface area (Å²) in [5.74, 6) is 1.26. The molecule has 2 aromatic rings. The third-order valence-electron chi connectivity index (χ3n) is 4.63. The van der Waals surface area contributed by atoms with Crippen molar-refractivity contribution in [3.63, 3.8) is 0 Å². The molecular weight excluding hydrogens is 303 g/mol. The zero-order valence-corrected chi connectivity index (χ0v) is 13.9. The molecule has 0 saturated heterocycles. The van der Waals surface area contributed by atoms with Crippen LogP contribution >= 0.6 is 0 Å². The van der Waals surface area contributed by atoms with Crippen molar-refractivity contribution in [3.8, 4) is 5.75 Å². The Balaban J connectivity index is 1.70. The van der Waals surface area contributed by atoms with Crippen LogP contribution in [0.1, 0.15) is 43.9 Å². The van der Waals surface area contributed by atoms with E-state index in [2.05, 4.69) is 24.9 Å². The Hall–Kier alpha value is -2.36. The van der Waals surface area contributed by atoms with Crippen LogP contribution in [0.5, 0.6) is 5.75 Å². The van der Waals surface area contributed by atoms with Gasteiger partial charge in [0.25, 0.3) is 0 Å². The van der Waals surface area contributed by atoms with E-state index in [0.29, 0.717) is 5.92 Å². The fraction of sp³-hybridized carbons (Fsp3) is 0.350. The van der Waals surface area contributed by atoms with Crippen molar-refractivity contribution >= 4 is 5.71 Å². The Labute approximate surface area is 141 Å². The average molecular weight is 324 g/mol. The molecule has 24 heavy (non-hydrogen) atoms. The zero-order valence-electron chi connectivity index (χ0n) is 13.9. The van der Waals surface area contributed by atoms with Crippen molar-refractivity contribution in [1.29, 1.82) is 0 Å². The van der Waals surface area contributed by atoms with Crippen LogP contribution in [-0.2, 0) is 0 Å². The standard InChI is InChI=1S/C20H21FN2O/c1-13(2)11-20-23-18(16-5-3-4-6-19(16)24-20)12-17(22-23)14-7-9-15(21)10-8-14/h3-10,13,18,20H,11-12H2,1-2H3/t18-,20-/m0/s1. The molecule has 0 aliphatic carbocycles. The number of ether oxygens (including phenoxy) is 1. The summed E-state index contributed by atoms with van der Waals surface area (Å²) in [6, 6.07) is 15.0. The minimum Gasteiger partial charge on any atom is -0.469 e. The van der Waals surface area contributed by atoms with Gasteiger partial charge in [0, 0.05) is 18.4 Å². The Morgan fingerprint density at radius 3 is 2.67 bits per heavy atom. The summed E-state index contributed by atoms with van der Waals surface area (Å²) in [6.07, 6.45) is 1.69. The van der Waals surface area contributed by atoms with Crippen molar-refractivity contribution in [1.82, 2.24) is 5.01 Å². The smallest absolute Gasteiger partial charge is 0.188 e. The molecule has 0 unspecified atom stereocenters. The van der Waals surface area contributed by atoms with E-state index < -0.39 is 0 Å². The number of hydrazone groups is 1. The normalized spacial score (nSPS) is 22.0. The third kappa shape index (κ3) is 2.66. The molecule has 124 valence electrons. The Morgan fingerprint density at radius 1 is 1.17 bits per heavy atom. The molecule has 2 aromatic carbocycles. The second-order valence-electron chi connectivity index (χ2n) is 6.89. The minimum absolute atomic E-state index is 0.0529. The number of halogens is 1. The van der Waals surface area contributed by atoms with E-state index >= 15 is 0 Å². The van der Waals surface area contributed by atoms with Gasteiger partial charge in [0.05, 0.1) is 11.8 Å². The fourth-order valence-corrected chi connectivity index (χ4v) is 3.49. The lowest BCUT2D eigenvalue weighted by Gasteiger charge is -2.38. The van der Waals surface area contributed by atoms with E-state index in [9.17, 15) is 4.39 Å². The van der Waals surface area contributed by atoms with E-state index in [1.807, 2.05) is 18.2 Å². The quantitative estimate of drug-likeness (QED) is 0.814. The van der Waals surface area contributed by atoms with Gasteiger partial charge in [0.15, 0.2) is 6.23 Å². The number of fused-ring (bicyclic) bond motifs is 3. The first kappa shape index (κ1) is 15.2. The molecule has 0 amide bonds. The van der Waals surface area contributed by atoms with Gasteiger partial charge in [-0.25, -0.2) is 4.39 Å². The molecule has 0 fully saturated rings. The van der Waals surface area contributed by atoms with Crippen LogP contribution < -0.4 is 4.74 Å². The maximum Gasteiger partial charge on any atom is 0.188 e. The molecular formula is C20H21FN2O. The molecule has 3 nitrogen and oxygen atoms in total. The van der Waals surface area contributed by atoms with Gasteiger partial charge < -0.3 is 4.74 Å². The van der Waals surface area contributed by atoms with Crippen molar-refractivity contribution in [2.45, 2.75) is 39.0 Å². The van der Waals surface area contributed by atoms with Gasteiger partial charge in [-0.05, 0) is 29.7 Å². The molecule has 2 aliphatic rings. The molecule has 0 spiro atoms. The monoisotopic (exact) mass is 324 g/mol. The van der Waals surface area contributed by atoms with Gasteiger partial charge >= 0.3 is 0 Å². The number of hydrogen-bond acceptors (Lipinski definition) is 3. The molecule has 0 radical (unpaired) electrons. The molecule has 0 N–H and O–H groups in total. The molecule has 2 aliphatic heterocycles. The molecule has 2 heterocycles. The average Bonchev–Trinajstić information content (AvgIpc) is 3.01. The molecule has 0 aromatic heterocycles. The second kappa shape index (κ2) is 5.93. The Kier molecular flexibility index (Phi) is 3.75. The third-order valence-corrected chi connectivity index (χ3v) is 4.63. The summed E-state index contributed by atoms with van der Waals surface area (Å²) < 4.78 is 19.4. The van der Waals surface area contributed by atoms with E-state index in [4.69, 9.17) is 9.84 Å². The van der Waals surface area contributed by atoms with Crippen molar-refractivity contribution < 1.29 is 9.13 Å². The van der Waals surface area contributed by atoms with E-state index in [1.165, 1.54) is 17.7 Å². The fourth-order valence-electron chi connectivity index (χ4n) is 3.49. The highest BCUT2D eigenvalue weighted by molar-refractivity contribution is 6.01. The van der Waals surface area contributed by atoms with Crippen LogP contribution in [0.3, 0.4) is 0 Å². The molecule has 2 atom stereocenters. The van der Waals surface area contributed by atoms with Crippen molar-refractivity contribution in [2.24, 2.45) is 11.0 Å². The summed E-state index contributed by atoms with van der Waals surface area (Å²) in [5.41, 5.74) is 3.15. The lowest BCUT2D eigenvalue weighted by Crippen LogP contribution is -2.41. The maximum absolute atomic E-state index is 13.2. The van der Waals surface area contributed by atoms with Gasteiger partial charge in [-0.3, -0.25) is 5.01 Å². The number of hydrogen-bond donors (Lipinski definition) is 0. The predicted molar refractivity (Wildman–Crippen MR) is 92.4 cm³/mol. The molecule has 4 rings (SSSR count). The summed E-state index contributed by atoms with van der Waals surface area (Å²) >= 11 is 0. The number of para-hydroxylation sites is 1. The lowest BCUT2D eigenvalue weighted by molar-refractivity contribution is -0.0291. The van der Waals surface area contributed by atoms with Crippen LogP contribution in [0.15, 0.2) is 53.6 Å². The summed E-state index contributed by atoms with van der Waals surface area (Å²) in [4.78, 5) is 0. The van der Waals surface area contributed by atoms with Crippen LogP contribution in [0.4, 0.5) is 4.39 Å². The van der Waals surface area contributed by atoms with Gasteiger partial charge in [-0.1, -0.05) is 44.2 Å². The second-order valence-corrected chi connectivity index (χ2v) is 6.89.